The van der Waals surface area contributed by atoms with Crippen molar-refractivity contribution in [2.45, 2.75) is 25.7 Å². The number of anilines is 1. The lowest BCUT2D eigenvalue weighted by Gasteiger charge is -2.09. The van der Waals surface area contributed by atoms with E-state index >= 15 is 0 Å². The zero-order valence-corrected chi connectivity index (χ0v) is 11.6. The Balaban J connectivity index is 1.75. The second-order valence-electron chi connectivity index (χ2n) is 5.20. The van der Waals surface area contributed by atoms with Crippen molar-refractivity contribution in [2.24, 2.45) is 5.92 Å². The van der Waals surface area contributed by atoms with Gasteiger partial charge in [0.05, 0.1) is 5.69 Å². The van der Waals surface area contributed by atoms with Crippen molar-refractivity contribution in [3.63, 3.8) is 0 Å². The molecule has 1 saturated carbocycles. The van der Waals surface area contributed by atoms with Gasteiger partial charge in [-0.05, 0) is 24.8 Å². The lowest BCUT2D eigenvalue weighted by Crippen LogP contribution is -2.28. The van der Waals surface area contributed by atoms with Crippen molar-refractivity contribution in [2.75, 3.05) is 12.3 Å². The van der Waals surface area contributed by atoms with E-state index in [0.717, 1.165) is 16.6 Å². The standard InChI is InChI=1S/C15H18N2OS/c16-13-11-7-3-4-8-12(11)19-14(13)15(18)17-9-10-5-1-2-6-10/h3-4,7-8,10H,1-2,5-6,9,16H2,(H,17,18). The third kappa shape index (κ3) is 2.45. The lowest BCUT2D eigenvalue weighted by molar-refractivity contribution is 0.0952. The van der Waals surface area contributed by atoms with Gasteiger partial charge in [-0.3, -0.25) is 4.79 Å². The highest BCUT2D eigenvalue weighted by Crippen LogP contribution is 2.33. The molecule has 1 heterocycles. The molecular formula is C15H18N2OS. The van der Waals surface area contributed by atoms with Gasteiger partial charge in [0.15, 0.2) is 0 Å². The zero-order chi connectivity index (χ0) is 13.2. The van der Waals surface area contributed by atoms with Gasteiger partial charge >= 0.3 is 0 Å². The first-order valence-electron chi connectivity index (χ1n) is 6.81. The summed E-state index contributed by atoms with van der Waals surface area (Å²) in [5, 5.41) is 4.02. The molecule has 3 N–H and O–H groups in total. The first kappa shape index (κ1) is 12.5. The van der Waals surface area contributed by atoms with Crippen molar-refractivity contribution in [3.05, 3.63) is 29.1 Å². The number of rotatable bonds is 3. The molecule has 19 heavy (non-hydrogen) atoms. The van der Waals surface area contributed by atoms with Crippen molar-refractivity contribution in [3.8, 4) is 0 Å². The maximum absolute atomic E-state index is 12.2. The van der Waals surface area contributed by atoms with E-state index in [1.807, 2.05) is 24.3 Å². The second kappa shape index (κ2) is 5.21. The highest BCUT2D eigenvalue weighted by atomic mass is 32.1. The number of nitrogen functional groups attached to an aromatic ring is 1. The first-order chi connectivity index (χ1) is 9.25. The second-order valence-corrected chi connectivity index (χ2v) is 6.25. The Bertz CT molecular complexity index is 599. The molecule has 0 radical (unpaired) electrons. The molecule has 0 atom stereocenters. The number of nitrogens with two attached hydrogens (primary N) is 1. The average Bonchev–Trinajstić information content (AvgIpc) is 3.05. The van der Waals surface area contributed by atoms with E-state index in [-0.39, 0.29) is 5.91 Å². The fourth-order valence-electron chi connectivity index (χ4n) is 2.77. The summed E-state index contributed by atoms with van der Waals surface area (Å²) in [7, 11) is 0. The molecule has 1 aromatic heterocycles. The third-order valence-electron chi connectivity index (χ3n) is 3.87. The van der Waals surface area contributed by atoms with Crippen molar-refractivity contribution in [1.29, 1.82) is 0 Å². The smallest absolute Gasteiger partial charge is 0.263 e. The highest BCUT2D eigenvalue weighted by molar-refractivity contribution is 7.21. The Kier molecular flexibility index (Phi) is 3.42. The summed E-state index contributed by atoms with van der Waals surface area (Å²) in [6.07, 6.45) is 5.07. The van der Waals surface area contributed by atoms with Crippen LogP contribution in [0.5, 0.6) is 0 Å². The van der Waals surface area contributed by atoms with E-state index in [2.05, 4.69) is 5.32 Å². The monoisotopic (exact) mass is 274 g/mol. The predicted octanol–water partition coefficient (Wildman–Crippen LogP) is 3.40. The summed E-state index contributed by atoms with van der Waals surface area (Å²) in [6, 6.07) is 7.89. The van der Waals surface area contributed by atoms with Gasteiger partial charge in [-0.15, -0.1) is 11.3 Å². The number of nitrogens with one attached hydrogen (secondary N) is 1. The van der Waals surface area contributed by atoms with Crippen molar-refractivity contribution in [1.82, 2.24) is 5.32 Å². The van der Waals surface area contributed by atoms with Gasteiger partial charge in [0.2, 0.25) is 0 Å². The molecule has 1 fully saturated rings. The molecule has 3 nitrogen and oxygen atoms in total. The summed E-state index contributed by atoms with van der Waals surface area (Å²) in [5.74, 6) is 0.630. The van der Waals surface area contributed by atoms with Crippen LogP contribution in [0.15, 0.2) is 24.3 Å². The zero-order valence-electron chi connectivity index (χ0n) is 10.8. The van der Waals surface area contributed by atoms with Gasteiger partial charge in [-0.1, -0.05) is 31.0 Å². The topological polar surface area (TPSA) is 55.1 Å². The lowest BCUT2D eigenvalue weighted by atomic mass is 10.1. The number of thiophene rings is 1. The van der Waals surface area contributed by atoms with Crippen molar-refractivity contribution >= 4 is 33.0 Å². The summed E-state index contributed by atoms with van der Waals surface area (Å²) >= 11 is 1.48. The number of carbonyl (C=O) groups is 1. The minimum Gasteiger partial charge on any atom is -0.397 e. The molecule has 1 aromatic carbocycles. The largest absolute Gasteiger partial charge is 0.397 e. The van der Waals surface area contributed by atoms with E-state index in [1.165, 1.54) is 37.0 Å². The number of hydrogen-bond acceptors (Lipinski definition) is 3. The van der Waals surface area contributed by atoms with E-state index in [0.29, 0.717) is 16.5 Å². The van der Waals surface area contributed by atoms with E-state index in [1.54, 1.807) is 0 Å². The molecule has 0 spiro atoms. The number of hydrogen-bond donors (Lipinski definition) is 2. The fraction of sp³-hybridized carbons (Fsp3) is 0.400. The van der Waals surface area contributed by atoms with Gasteiger partial charge in [0.1, 0.15) is 4.88 Å². The quantitative estimate of drug-likeness (QED) is 0.901. The average molecular weight is 274 g/mol. The van der Waals surface area contributed by atoms with Gasteiger partial charge in [0, 0.05) is 16.6 Å². The van der Waals surface area contributed by atoms with Crippen LogP contribution < -0.4 is 11.1 Å². The van der Waals surface area contributed by atoms with Gasteiger partial charge in [-0.25, -0.2) is 0 Å². The van der Waals surface area contributed by atoms with Crippen LogP contribution in [-0.4, -0.2) is 12.5 Å². The van der Waals surface area contributed by atoms with Gasteiger partial charge in [0.25, 0.3) is 5.91 Å². The number of amides is 1. The maximum Gasteiger partial charge on any atom is 0.263 e. The molecule has 4 heteroatoms. The summed E-state index contributed by atoms with van der Waals surface area (Å²) in [4.78, 5) is 12.9. The molecule has 2 aromatic rings. The molecule has 0 saturated heterocycles. The van der Waals surface area contributed by atoms with Crippen LogP contribution in [0.3, 0.4) is 0 Å². The van der Waals surface area contributed by atoms with Crippen molar-refractivity contribution < 1.29 is 4.79 Å². The fourth-order valence-corrected chi connectivity index (χ4v) is 3.81. The molecule has 1 aliphatic rings. The first-order valence-corrected chi connectivity index (χ1v) is 7.62. The van der Waals surface area contributed by atoms with Crippen LogP contribution in [0.2, 0.25) is 0 Å². The molecule has 3 rings (SSSR count). The highest BCUT2D eigenvalue weighted by Gasteiger charge is 2.19. The Morgan fingerprint density at radius 2 is 2.05 bits per heavy atom. The predicted molar refractivity (Wildman–Crippen MR) is 80.5 cm³/mol. The summed E-state index contributed by atoms with van der Waals surface area (Å²) < 4.78 is 1.08. The SMILES string of the molecule is Nc1c(C(=O)NCC2CCCC2)sc2ccccc12. The molecule has 0 unspecified atom stereocenters. The van der Waals surface area contributed by atoms with Gasteiger partial charge in [-0.2, -0.15) is 0 Å². The van der Waals surface area contributed by atoms with Crippen LogP contribution in [0.25, 0.3) is 10.1 Å². The van der Waals surface area contributed by atoms with E-state index in [4.69, 9.17) is 5.73 Å². The molecule has 1 amide bonds. The van der Waals surface area contributed by atoms with Crippen LogP contribution >= 0.6 is 11.3 Å². The normalized spacial score (nSPS) is 16.0. The van der Waals surface area contributed by atoms with Gasteiger partial charge < -0.3 is 11.1 Å². The minimum atomic E-state index is -0.0226. The Morgan fingerprint density at radius 3 is 2.79 bits per heavy atom. The summed E-state index contributed by atoms with van der Waals surface area (Å²) in [5.41, 5.74) is 6.69. The Morgan fingerprint density at radius 1 is 1.32 bits per heavy atom. The molecule has 100 valence electrons. The molecule has 0 aliphatic heterocycles. The van der Waals surface area contributed by atoms with E-state index in [9.17, 15) is 4.79 Å². The summed E-state index contributed by atoms with van der Waals surface area (Å²) in [6.45, 7) is 0.784. The Labute approximate surface area is 116 Å². The Hall–Kier alpha value is -1.55. The molecular weight excluding hydrogens is 256 g/mol. The van der Waals surface area contributed by atoms with Crippen LogP contribution in [0.1, 0.15) is 35.4 Å². The minimum absolute atomic E-state index is 0.0226. The molecule has 0 bridgehead atoms. The van der Waals surface area contributed by atoms with Crippen LogP contribution in [0.4, 0.5) is 5.69 Å². The molecule has 1 aliphatic carbocycles. The van der Waals surface area contributed by atoms with Crippen LogP contribution in [-0.2, 0) is 0 Å². The third-order valence-corrected chi connectivity index (χ3v) is 5.05. The number of carbonyl (C=O) groups excluding carboxylic acids is 1. The van der Waals surface area contributed by atoms with E-state index < -0.39 is 0 Å². The van der Waals surface area contributed by atoms with Crippen LogP contribution in [0, 0.1) is 5.92 Å². The number of fused-ring (bicyclic) bond motifs is 1. The number of benzene rings is 1. The maximum atomic E-state index is 12.2.